The second kappa shape index (κ2) is 7.56. The molecule has 126 valence electrons. The minimum Gasteiger partial charge on any atom is -0.494 e. The van der Waals surface area contributed by atoms with E-state index in [1.54, 1.807) is 24.5 Å². The Morgan fingerprint density at radius 3 is 2.30 bits per heavy atom. The highest BCUT2D eigenvalue weighted by Gasteiger charge is 2.23. The molecule has 1 N–H and O–H groups in total. The fourth-order valence-corrected chi connectivity index (χ4v) is 3.42. The van der Waals surface area contributed by atoms with Crippen LogP contribution < -0.4 is 9.46 Å². The van der Waals surface area contributed by atoms with Crippen molar-refractivity contribution in [2.75, 3.05) is 6.61 Å². The number of benzene rings is 1. The van der Waals surface area contributed by atoms with E-state index in [2.05, 4.69) is 14.9 Å². The molecule has 7 nitrogen and oxygen atoms in total. The molecule has 0 spiro atoms. The Hall–Kier alpha value is -1.93. The lowest BCUT2D eigenvalue weighted by atomic mass is 10.1. The number of sulfonamides is 1. The van der Waals surface area contributed by atoms with Crippen molar-refractivity contribution in [1.82, 2.24) is 19.7 Å². The molecule has 0 aliphatic heterocycles. The van der Waals surface area contributed by atoms with Gasteiger partial charge in [0.25, 0.3) is 0 Å². The summed E-state index contributed by atoms with van der Waals surface area (Å²) < 4.78 is 33.1. The van der Waals surface area contributed by atoms with Crippen molar-refractivity contribution in [3.05, 3.63) is 36.7 Å². The SMILES string of the molecule is CCOc1ccc(S(=O)(=O)NC(Cn2nccn2)C(C)C)cc1. The third kappa shape index (κ3) is 4.77. The minimum atomic E-state index is -3.61. The van der Waals surface area contributed by atoms with Crippen LogP contribution in [0.3, 0.4) is 0 Å². The lowest BCUT2D eigenvalue weighted by molar-refractivity contribution is 0.340. The molecule has 0 aliphatic rings. The van der Waals surface area contributed by atoms with Crippen molar-refractivity contribution in [3.63, 3.8) is 0 Å². The zero-order valence-corrected chi connectivity index (χ0v) is 14.3. The van der Waals surface area contributed by atoms with Crippen LogP contribution in [0.5, 0.6) is 5.75 Å². The van der Waals surface area contributed by atoms with Crippen LogP contribution in [0, 0.1) is 5.92 Å². The second-order valence-corrected chi connectivity index (χ2v) is 7.17. The molecule has 1 atom stereocenters. The van der Waals surface area contributed by atoms with Gasteiger partial charge in [-0.2, -0.15) is 15.0 Å². The van der Waals surface area contributed by atoms with E-state index in [1.165, 1.54) is 16.9 Å². The standard InChI is InChI=1S/C15H22N4O3S/c1-4-22-13-5-7-14(8-6-13)23(20,21)18-15(12(2)3)11-19-16-9-10-17-19/h5-10,12,15,18H,4,11H2,1-3H3. The van der Waals surface area contributed by atoms with Gasteiger partial charge in [0.2, 0.25) is 10.0 Å². The van der Waals surface area contributed by atoms with Gasteiger partial charge in [0, 0.05) is 6.04 Å². The predicted molar refractivity (Wildman–Crippen MR) is 86.6 cm³/mol. The Morgan fingerprint density at radius 2 is 1.78 bits per heavy atom. The zero-order chi connectivity index (χ0) is 16.9. The highest BCUT2D eigenvalue weighted by molar-refractivity contribution is 7.89. The number of nitrogens with zero attached hydrogens (tertiary/aromatic N) is 3. The molecule has 8 heteroatoms. The first-order valence-electron chi connectivity index (χ1n) is 7.51. The van der Waals surface area contributed by atoms with E-state index in [0.717, 1.165) is 0 Å². The van der Waals surface area contributed by atoms with Crippen molar-refractivity contribution in [3.8, 4) is 5.75 Å². The Morgan fingerprint density at radius 1 is 1.17 bits per heavy atom. The van der Waals surface area contributed by atoms with Crippen LogP contribution in [0.15, 0.2) is 41.6 Å². The Balaban J connectivity index is 2.13. The van der Waals surface area contributed by atoms with Crippen LogP contribution in [-0.2, 0) is 16.6 Å². The van der Waals surface area contributed by atoms with Gasteiger partial charge in [-0.1, -0.05) is 13.8 Å². The Kier molecular flexibility index (Phi) is 5.73. The molecule has 2 rings (SSSR count). The normalized spacial score (nSPS) is 13.2. The van der Waals surface area contributed by atoms with Crippen LogP contribution >= 0.6 is 0 Å². The zero-order valence-electron chi connectivity index (χ0n) is 13.5. The first-order chi connectivity index (χ1) is 10.9. The third-order valence-corrected chi connectivity index (χ3v) is 4.89. The second-order valence-electron chi connectivity index (χ2n) is 5.46. The van der Waals surface area contributed by atoms with Crippen molar-refractivity contribution in [2.24, 2.45) is 5.92 Å². The summed E-state index contributed by atoms with van der Waals surface area (Å²) in [5.41, 5.74) is 0. The molecule has 0 aliphatic carbocycles. The van der Waals surface area contributed by atoms with E-state index < -0.39 is 10.0 Å². The summed E-state index contributed by atoms with van der Waals surface area (Å²) in [6, 6.07) is 6.07. The van der Waals surface area contributed by atoms with E-state index in [1.807, 2.05) is 20.8 Å². The molecule has 1 unspecified atom stereocenters. The Labute approximate surface area is 136 Å². The molecule has 1 aromatic heterocycles. The maximum Gasteiger partial charge on any atom is 0.240 e. The largest absolute Gasteiger partial charge is 0.494 e. The van der Waals surface area contributed by atoms with Gasteiger partial charge in [0.1, 0.15) is 5.75 Å². The molecule has 0 saturated heterocycles. The number of hydrogen-bond acceptors (Lipinski definition) is 5. The smallest absolute Gasteiger partial charge is 0.240 e. The molecule has 0 radical (unpaired) electrons. The van der Waals surface area contributed by atoms with Crippen LogP contribution in [0.25, 0.3) is 0 Å². The summed E-state index contributed by atoms with van der Waals surface area (Å²) >= 11 is 0. The molecule has 2 aromatic rings. The summed E-state index contributed by atoms with van der Waals surface area (Å²) in [7, 11) is -3.61. The van der Waals surface area contributed by atoms with Crippen LogP contribution in [-0.4, -0.2) is 36.1 Å². The maximum atomic E-state index is 12.5. The van der Waals surface area contributed by atoms with Gasteiger partial charge in [-0.15, -0.1) is 0 Å². The van der Waals surface area contributed by atoms with Crippen LogP contribution in [0.1, 0.15) is 20.8 Å². The van der Waals surface area contributed by atoms with Crippen molar-refractivity contribution in [2.45, 2.75) is 38.3 Å². The van der Waals surface area contributed by atoms with E-state index >= 15 is 0 Å². The number of rotatable bonds is 8. The highest BCUT2D eigenvalue weighted by Crippen LogP contribution is 2.17. The number of ether oxygens (including phenoxy) is 1. The molecule has 0 saturated carbocycles. The molecule has 0 amide bonds. The summed E-state index contributed by atoms with van der Waals surface area (Å²) in [5.74, 6) is 0.742. The summed E-state index contributed by atoms with van der Waals surface area (Å²) in [4.78, 5) is 1.69. The molecule has 1 aromatic carbocycles. The summed E-state index contributed by atoms with van der Waals surface area (Å²) in [6.07, 6.45) is 3.14. The number of nitrogens with one attached hydrogen (secondary N) is 1. The average molecular weight is 338 g/mol. The van der Waals surface area contributed by atoms with Gasteiger partial charge in [-0.05, 0) is 37.1 Å². The molecule has 1 heterocycles. The van der Waals surface area contributed by atoms with E-state index in [4.69, 9.17) is 4.74 Å². The topological polar surface area (TPSA) is 86.1 Å². The summed E-state index contributed by atoms with van der Waals surface area (Å²) in [5, 5.41) is 8.05. The molecular formula is C15H22N4O3S. The summed E-state index contributed by atoms with van der Waals surface area (Å²) in [6.45, 7) is 6.70. The van der Waals surface area contributed by atoms with Gasteiger partial charge in [-0.3, -0.25) is 0 Å². The van der Waals surface area contributed by atoms with Crippen LogP contribution in [0.2, 0.25) is 0 Å². The molecular weight excluding hydrogens is 316 g/mol. The van der Waals surface area contributed by atoms with Crippen molar-refractivity contribution in [1.29, 1.82) is 0 Å². The van der Waals surface area contributed by atoms with Gasteiger partial charge in [-0.25, -0.2) is 13.1 Å². The average Bonchev–Trinajstić information content (AvgIpc) is 3.00. The van der Waals surface area contributed by atoms with Gasteiger partial charge < -0.3 is 4.74 Å². The highest BCUT2D eigenvalue weighted by atomic mass is 32.2. The number of aromatic nitrogens is 3. The first-order valence-corrected chi connectivity index (χ1v) is 9.00. The van der Waals surface area contributed by atoms with Crippen LogP contribution in [0.4, 0.5) is 0 Å². The van der Waals surface area contributed by atoms with E-state index in [9.17, 15) is 8.42 Å². The van der Waals surface area contributed by atoms with Crippen molar-refractivity contribution >= 4 is 10.0 Å². The molecule has 23 heavy (non-hydrogen) atoms. The van der Waals surface area contributed by atoms with Gasteiger partial charge in [0.15, 0.2) is 0 Å². The van der Waals surface area contributed by atoms with E-state index in [0.29, 0.717) is 18.9 Å². The monoisotopic (exact) mass is 338 g/mol. The van der Waals surface area contributed by atoms with Gasteiger partial charge in [0.05, 0.1) is 30.4 Å². The van der Waals surface area contributed by atoms with E-state index in [-0.39, 0.29) is 16.9 Å². The predicted octanol–water partition coefficient (Wildman–Crippen LogP) is 1.68. The van der Waals surface area contributed by atoms with Crippen molar-refractivity contribution < 1.29 is 13.2 Å². The Bertz CT molecular complexity index is 697. The molecule has 0 bridgehead atoms. The lowest BCUT2D eigenvalue weighted by Gasteiger charge is -2.21. The fraction of sp³-hybridized carbons (Fsp3) is 0.467. The fourth-order valence-electron chi connectivity index (χ4n) is 2.05. The first kappa shape index (κ1) is 17.4. The third-order valence-electron chi connectivity index (χ3n) is 3.38. The quantitative estimate of drug-likeness (QED) is 0.791. The van der Waals surface area contributed by atoms with Gasteiger partial charge >= 0.3 is 0 Å². The number of hydrogen-bond donors (Lipinski definition) is 1. The lowest BCUT2D eigenvalue weighted by Crippen LogP contribution is -2.41. The maximum absolute atomic E-state index is 12.5. The molecule has 0 fully saturated rings. The minimum absolute atomic E-state index is 0.0958.